The Labute approximate surface area is 107 Å². The summed E-state index contributed by atoms with van der Waals surface area (Å²) in [5.74, 6) is -1.09. The Kier molecular flexibility index (Phi) is 3.21. The van der Waals surface area contributed by atoms with E-state index in [0.29, 0.717) is 6.42 Å². The first kappa shape index (κ1) is 13.4. The number of aromatic hydroxyl groups is 1. The number of halogens is 3. The van der Waals surface area contributed by atoms with Gasteiger partial charge in [-0.2, -0.15) is 13.2 Å². The van der Waals surface area contributed by atoms with E-state index in [1.54, 1.807) is 6.92 Å². The summed E-state index contributed by atoms with van der Waals surface area (Å²) in [5.41, 5.74) is -1.03. The number of alkyl halides is 3. The van der Waals surface area contributed by atoms with Crippen LogP contribution in [0.1, 0.15) is 24.5 Å². The molecule has 1 aliphatic heterocycles. The molecule has 0 spiro atoms. The van der Waals surface area contributed by atoms with Gasteiger partial charge in [-0.15, -0.1) is 0 Å². The Morgan fingerprint density at radius 3 is 2.63 bits per heavy atom. The number of amidine groups is 1. The van der Waals surface area contributed by atoms with Crippen molar-refractivity contribution in [2.75, 3.05) is 0 Å². The van der Waals surface area contributed by atoms with Crippen LogP contribution in [0.4, 0.5) is 13.2 Å². The van der Waals surface area contributed by atoms with Gasteiger partial charge in [-0.1, -0.05) is 6.92 Å². The van der Waals surface area contributed by atoms with Crippen molar-refractivity contribution in [2.24, 2.45) is 4.99 Å². The van der Waals surface area contributed by atoms with E-state index < -0.39 is 23.5 Å². The second-order valence-electron chi connectivity index (χ2n) is 4.12. The molecule has 19 heavy (non-hydrogen) atoms. The van der Waals surface area contributed by atoms with E-state index in [4.69, 9.17) is 0 Å². The minimum atomic E-state index is -4.66. The largest absolute Gasteiger partial charge is 0.507 e. The van der Waals surface area contributed by atoms with E-state index in [1.165, 1.54) is 6.07 Å². The van der Waals surface area contributed by atoms with Gasteiger partial charge in [-0.05, 0) is 24.6 Å². The topological polar surface area (TPSA) is 61.7 Å². The van der Waals surface area contributed by atoms with Crippen LogP contribution in [0.5, 0.6) is 5.75 Å². The third-order valence-corrected chi connectivity index (χ3v) is 2.79. The maximum absolute atomic E-state index is 12.6. The minimum Gasteiger partial charge on any atom is -0.507 e. The summed E-state index contributed by atoms with van der Waals surface area (Å²) in [6, 6.07) is 2.42. The molecule has 1 heterocycles. The molecule has 1 amide bonds. The number of nitrogens with zero attached hydrogens (tertiary/aromatic N) is 1. The lowest BCUT2D eigenvalue weighted by Crippen LogP contribution is -2.29. The lowest BCUT2D eigenvalue weighted by atomic mass is 10.1. The Morgan fingerprint density at radius 2 is 2.11 bits per heavy atom. The molecule has 0 aliphatic carbocycles. The predicted molar refractivity (Wildman–Crippen MR) is 61.9 cm³/mol. The molecule has 0 saturated heterocycles. The molecular formula is C12H11F3N2O2. The zero-order chi connectivity index (χ0) is 14.2. The van der Waals surface area contributed by atoms with Gasteiger partial charge in [-0.3, -0.25) is 9.79 Å². The molecular weight excluding hydrogens is 261 g/mol. The lowest BCUT2D eigenvalue weighted by molar-refractivity contribution is -0.138. The van der Waals surface area contributed by atoms with Crippen LogP contribution >= 0.6 is 0 Å². The lowest BCUT2D eigenvalue weighted by Gasteiger charge is -2.10. The van der Waals surface area contributed by atoms with Crippen LogP contribution in [0.3, 0.4) is 0 Å². The van der Waals surface area contributed by atoms with Crippen molar-refractivity contribution >= 4 is 11.7 Å². The molecule has 2 rings (SSSR count). The highest BCUT2D eigenvalue weighted by atomic mass is 19.4. The molecule has 4 nitrogen and oxygen atoms in total. The summed E-state index contributed by atoms with van der Waals surface area (Å²) in [4.78, 5) is 15.5. The highest BCUT2D eigenvalue weighted by molar-refractivity contribution is 6.13. The van der Waals surface area contributed by atoms with Gasteiger partial charge in [0.15, 0.2) is 0 Å². The Balaban J connectivity index is 2.40. The van der Waals surface area contributed by atoms with E-state index >= 15 is 0 Å². The molecule has 0 fully saturated rings. The number of phenols is 1. The molecule has 0 radical (unpaired) electrons. The van der Waals surface area contributed by atoms with Gasteiger partial charge in [0.2, 0.25) is 5.91 Å². The summed E-state index contributed by atoms with van der Waals surface area (Å²) in [5, 5.41) is 11.6. The number of rotatable bonds is 2. The Morgan fingerprint density at radius 1 is 1.42 bits per heavy atom. The van der Waals surface area contributed by atoms with E-state index in [1.807, 2.05) is 0 Å². The highest BCUT2D eigenvalue weighted by Crippen LogP contribution is 2.36. The van der Waals surface area contributed by atoms with Gasteiger partial charge >= 0.3 is 6.18 Å². The van der Waals surface area contributed by atoms with Crippen LogP contribution in [0.2, 0.25) is 0 Å². The molecule has 0 bridgehead atoms. The number of hydrogen-bond acceptors (Lipinski definition) is 3. The number of benzene rings is 1. The van der Waals surface area contributed by atoms with Crippen molar-refractivity contribution in [1.82, 2.24) is 5.32 Å². The molecule has 7 heteroatoms. The molecule has 2 N–H and O–H groups in total. The van der Waals surface area contributed by atoms with Crippen LogP contribution in [-0.2, 0) is 11.0 Å². The first-order valence-corrected chi connectivity index (χ1v) is 5.62. The molecule has 1 aromatic rings. The zero-order valence-corrected chi connectivity index (χ0v) is 9.95. The standard InChI is InChI=1S/C12H11F3N2O2/c1-2-8-11(19)17-10(16-8)6-3-4-9(18)7(5-6)12(13,14)15/h3-5,8,18H,2H2,1H3,(H,16,17,19). The van der Waals surface area contributed by atoms with Gasteiger partial charge in [-0.25, -0.2) is 0 Å². The first-order chi connectivity index (χ1) is 8.82. The number of aliphatic imine (C=N–C) groups is 1. The Hall–Kier alpha value is -2.05. The quantitative estimate of drug-likeness (QED) is 0.865. The van der Waals surface area contributed by atoms with Gasteiger partial charge in [0, 0.05) is 5.56 Å². The normalized spacial score (nSPS) is 19.3. The average Bonchev–Trinajstić information content (AvgIpc) is 2.69. The molecule has 102 valence electrons. The number of amides is 1. The van der Waals surface area contributed by atoms with Crippen LogP contribution in [0.15, 0.2) is 23.2 Å². The third kappa shape index (κ3) is 2.54. The fourth-order valence-electron chi connectivity index (χ4n) is 1.78. The van der Waals surface area contributed by atoms with Crippen molar-refractivity contribution in [3.63, 3.8) is 0 Å². The van der Waals surface area contributed by atoms with E-state index in [-0.39, 0.29) is 17.3 Å². The summed E-state index contributed by atoms with van der Waals surface area (Å²) in [6.07, 6.45) is -4.19. The van der Waals surface area contributed by atoms with Crippen LogP contribution in [-0.4, -0.2) is 22.9 Å². The number of carbonyl (C=O) groups excluding carboxylic acids is 1. The first-order valence-electron chi connectivity index (χ1n) is 5.62. The average molecular weight is 272 g/mol. The second kappa shape index (κ2) is 4.56. The van der Waals surface area contributed by atoms with Crippen molar-refractivity contribution in [3.8, 4) is 5.75 Å². The van der Waals surface area contributed by atoms with Crippen LogP contribution < -0.4 is 5.32 Å². The summed E-state index contributed by atoms with van der Waals surface area (Å²) in [7, 11) is 0. The third-order valence-electron chi connectivity index (χ3n) is 2.79. The van der Waals surface area contributed by atoms with Crippen molar-refractivity contribution in [1.29, 1.82) is 0 Å². The minimum absolute atomic E-state index is 0.0994. The van der Waals surface area contributed by atoms with Gasteiger partial charge in [0.05, 0.1) is 5.56 Å². The fraction of sp³-hybridized carbons (Fsp3) is 0.333. The number of phenolic OH excluding ortho intramolecular Hbond substituents is 1. The Bertz CT molecular complexity index is 552. The van der Waals surface area contributed by atoms with E-state index in [2.05, 4.69) is 10.3 Å². The van der Waals surface area contributed by atoms with Gasteiger partial charge in [0.25, 0.3) is 0 Å². The van der Waals surface area contributed by atoms with Gasteiger partial charge < -0.3 is 10.4 Å². The SMILES string of the molecule is CCC1N=C(c2ccc(O)c(C(F)(F)F)c2)NC1=O. The smallest absolute Gasteiger partial charge is 0.419 e. The monoisotopic (exact) mass is 272 g/mol. The van der Waals surface area contributed by atoms with Crippen molar-refractivity contribution in [3.05, 3.63) is 29.3 Å². The molecule has 1 atom stereocenters. The number of carbonyl (C=O) groups is 1. The molecule has 1 aromatic carbocycles. The summed E-state index contributed by atoms with van der Waals surface area (Å²) < 4.78 is 37.9. The molecule has 0 saturated carbocycles. The van der Waals surface area contributed by atoms with Crippen molar-refractivity contribution < 1.29 is 23.1 Å². The highest BCUT2D eigenvalue weighted by Gasteiger charge is 2.35. The molecule has 1 unspecified atom stereocenters. The molecule has 1 aliphatic rings. The van der Waals surface area contributed by atoms with E-state index in [9.17, 15) is 23.1 Å². The zero-order valence-electron chi connectivity index (χ0n) is 9.95. The van der Waals surface area contributed by atoms with Crippen molar-refractivity contribution in [2.45, 2.75) is 25.6 Å². The number of nitrogens with one attached hydrogen (secondary N) is 1. The number of hydrogen-bond donors (Lipinski definition) is 2. The van der Waals surface area contributed by atoms with Crippen LogP contribution in [0, 0.1) is 0 Å². The van der Waals surface area contributed by atoms with E-state index in [0.717, 1.165) is 12.1 Å². The summed E-state index contributed by atoms with van der Waals surface area (Å²) in [6.45, 7) is 1.76. The predicted octanol–water partition coefficient (Wildman–Crippen LogP) is 2.07. The maximum Gasteiger partial charge on any atom is 0.419 e. The maximum atomic E-state index is 12.6. The fourth-order valence-corrected chi connectivity index (χ4v) is 1.78. The van der Waals surface area contributed by atoms with Crippen LogP contribution in [0.25, 0.3) is 0 Å². The second-order valence-corrected chi connectivity index (χ2v) is 4.12. The summed E-state index contributed by atoms with van der Waals surface area (Å²) >= 11 is 0. The molecule has 0 aromatic heterocycles. The van der Waals surface area contributed by atoms with Gasteiger partial charge in [0.1, 0.15) is 17.6 Å².